The van der Waals surface area contributed by atoms with E-state index in [1.807, 2.05) is 12.1 Å². The van der Waals surface area contributed by atoms with Gasteiger partial charge in [-0.1, -0.05) is 61.0 Å². The van der Waals surface area contributed by atoms with Gasteiger partial charge >= 0.3 is 6.18 Å². The van der Waals surface area contributed by atoms with E-state index in [1.165, 1.54) is 46.7 Å². The fourth-order valence-corrected chi connectivity index (χ4v) is 8.14. The van der Waals surface area contributed by atoms with Crippen molar-refractivity contribution in [3.05, 3.63) is 101 Å². The van der Waals surface area contributed by atoms with Crippen LogP contribution in [-0.2, 0) is 34.5 Å². The number of alkyl halides is 3. The Hall–Kier alpha value is -2.68. The Balaban J connectivity index is 1.22. The van der Waals surface area contributed by atoms with Crippen molar-refractivity contribution in [3.63, 3.8) is 0 Å². The molecule has 226 valence electrons. The van der Waals surface area contributed by atoms with Gasteiger partial charge < -0.3 is 4.90 Å². The minimum atomic E-state index is -4.51. The van der Waals surface area contributed by atoms with Crippen molar-refractivity contribution in [2.45, 2.75) is 67.9 Å². The molecular formula is C34H41F3N2O2S. The second-order valence-corrected chi connectivity index (χ2v) is 14.2. The number of hydrogen-bond donors (Lipinski definition) is 0. The monoisotopic (exact) mass is 598 g/mol. The normalized spacial score (nSPS) is 20.2. The van der Waals surface area contributed by atoms with E-state index in [9.17, 15) is 21.6 Å². The summed E-state index contributed by atoms with van der Waals surface area (Å²) in [6, 6.07) is 22.8. The lowest BCUT2D eigenvalue weighted by Crippen LogP contribution is -2.44. The first-order valence-corrected chi connectivity index (χ1v) is 16.5. The van der Waals surface area contributed by atoms with Gasteiger partial charge in [-0.3, -0.25) is 0 Å². The SMILES string of the molecule is CN(CC1(CCN2CCC(CCCc3ccccc3)CC2)CCc2ccccc21)S(=O)(=O)c1ccc(C(F)(F)F)cc1. The maximum Gasteiger partial charge on any atom is 0.416 e. The molecule has 0 radical (unpaired) electrons. The van der Waals surface area contributed by atoms with Crippen LogP contribution in [0.15, 0.2) is 83.8 Å². The summed E-state index contributed by atoms with van der Waals surface area (Å²) in [5.74, 6) is 0.756. The van der Waals surface area contributed by atoms with E-state index in [0.29, 0.717) is 6.54 Å². The summed E-state index contributed by atoms with van der Waals surface area (Å²) in [7, 11) is -2.40. The van der Waals surface area contributed by atoms with E-state index < -0.39 is 21.8 Å². The number of likely N-dealkylation sites (tertiary alicyclic amines) is 1. The molecule has 3 aromatic rings. The van der Waals surface area contributed by atoms with Crippen LogP contribution in [0.25, 0.3) is 0 Å². The largest absolute Gasteiger partial charge is 0.416 e. The number of rotatable bonds is 11. The Bertz CT molecular complexity index is 1420. The highest BCUT2D eigenvalue weighted by atomic mass is 32.2. The highest BCUT2D eigenvalue weighted by Gasteiger charge is 2.42. The van der Waals surface area contributed by atoms with Crippen LogP contribution in [0.1, 0.15) is 60.8 Å². The van der Waals surface area contributed by atoms with Crippen molar-refractivity contribution in [2.75, 3.05) is 33.2 Å². The van der Waals surface area contributed by atoms with Crippen molar-refractivity contribution in [1.82, 2.24) is 9.21 Å². The molecule has 1 atom stereocenters. The lowest BCUT2D eigenvalue weighted by Gasteiger charge is -2.38. The van der Waals surface area contributed by atoms with Crippen LogP contribution >= 0.6 is 0 Å². The first kappa shape index (κ1) is 30.8. The predicted octanol–water partition coefficient (Wildman–Crippen LogP) is 7.34. The number of benzene rings is 3. The summed E-state index contributed by atoms with van der Waals surface area (Å²) >= 11 is 0. The second kappa shape index (κ2) is 12.9. The fourth-order valence-electron chi connectivity index (χ4n) is 6.88. The molecule has 8 heteroatoms. The van der Waals surface area contributed by atoms with E-state index in [-0.39, 0.29) is 10.3 Å². The first-order valence-electron chi connectivity index (χ1n) is 15.1. The van der Waals surface area contributed by atoms with E-state index in [1.54, 1.807) is 7.05 Å². The lowest BCUT2D eigenvalue weighted by molar-refractivity contribution is -0.137. The minimum absolute atomic E-state index is 0.117. The fraction of sp³-hybridized carbons (Fsp3) is 0.471. The molecule has 1 aliphatic heterocycles. The number of aryl methyl sites for hydroxylation is 2. The van der Waals surface area contributed by atoms with Crippen LogP contribution in [-0.4, -0.2) is 50.8 Å². The van der Waals surface area contributed by atoms with Crippen molar-refractivity contribution < 1.29 is 21.6 Å². The summed E-state index contributed by atoms with van der Waals surface area (Å²) in [6.07, 6.45) is 4.08. The second-order valence-electron chi connectivity index (χ2n) is 12.1. The van der Waals surface area contributed by atoms with Gasteiger partial charge in [-0.25, -0.2) is 12.7 Å². The molecule has 1 aliphatic carbocycles. The van der Waals surface area contributed by atoms with Gasteiger partial charge in [-0.2, -0.15) is 13.2 Å². The van der Waals surface area contributed by atoms with Gasteiger partial charge in [0.1, 0.15) is 0 Å². The van der Waals surface area contributed by atoms with Gasteiger partial charge in [0.2, 0.25) is 10.0 Å². The molecule has 0 aromatic heterocycles. The highest BCUT2D eigenvalue weighted by molar-refractivity contribution is 7.89. The molecule has 0 saturated carbocycles. The van der Waals surface area contributed by atoms with Crippen molar-refractivity contribution in [1.29, 1.82) is 0 Å². The van der Waals surface area contributed by atoms with Crippen LogP contribution in [0.4, 0.5) is 13.2 Å². The molecule has 42 heavy (non-hydrogen) atoms. The summed E-state index contributed by atoms with van der Waals surface area (Å²) in [5.41, 5.74) is 2.68. The molecule has 1 heterocycles. The van der Waals surface area contributed by atoms with Crippen LogP contribution < -0.4 is 0 Å². The van der Waals surface area contributed by atoms with E-state index >= 15 is 0 Å². The number of likely N-dealkylation sites (N-methyl/N-ethyl adjacent to an activating group) is 1. The van der Waals surface area contributed by atoms with Gasteiger partial charge in [-0.05, 0) is 111 Å². The van der Waals surface area contributed by atoms with Gasteiger partial charge in [0, 0.05) is 19.0 Å². The molecule has 0 amide bonds. The number of piperidine rings is 1. The molecule has 3 aromatic carbocycles. The average Bonchev–Trinajstić information content (AvgIpc) is 3.35. The Kier molecular flexibility index (Phi) is 9.45. The van der Waals surface area contributed by atoms with Gasteiger partial charge in [0.05, 0.1) is 10.5 Å². The predicted molar refractivity (Wildman–Crippen MR) is 161 cm³/mol. The molecular weight excluding hydrogens is 557 g/mol. The number of sulfonamides is 1. The quantitative estimate of drug-likeness (QED) is 0.232. The number of fused-ring (bicyclic) bond motifs is 1. The third-order valence-corrected chi connectivity index (χ3v) is 11.2. The average molecular weight is 599 g/mol. The molecule has 0 bridgehead atoms. The smallest absolute Gasteiger partial charge is 0.303 e. The Morgan fingerprint density at radius 2 is 1.60 bits per heavy atom. The first-order chi connectivity index (χ1) is 20.1. The Morgan fingerprint density at radius 3 is 2.29 bits per heavy atom. The Labute approximate surface area is 248 Å². The number of halogens is 3. The highest BCUT2D eigenvalue weighted by Crippen LogP contribution is 2.43. The summed E-state index contributed by atoms with van der Waals surface area (Å²) in [5, 5.41) is 0. The van der Waals surface area contributed by atoms with Crippen molar-refractivity contribution >= 4 is 10.0 Å². The van der Waals surface area contributed by atoms with E-state index in [4.69, 9.17) is 0 Å². The third-order valence-electron chi connectivity index (χ3n) is 9.41. The third kappa shape index (κ3) is 7.09. The van der Waals surface area contributed by atoms with Crippen LogP contribution in [0, 0.1) is 5.92 Å². The van der Waals surface area contributed by atoms with Crippen LogP contribution in [0.3, 0.4) is 0 Å². The molecule has 4 nitrogen and oxygen atoms in total. The summed E-state index contributed by atoms with van der Waals surface area (Å²) in [6.45, 7) is 3.32. The molecule has 1 fully saturated rings. The molecule has 1 unspecified atom stereocenters. The molecule has 1 saturated heterocycles. The van der Waals surface area contributed by atoms with E-state index in [2.05, 4.69) is 47.4 Å². The van der Waals surface area contributed by atoms with Crippen LogP contribution in [0.5, 0.6) is 0 Å². The zero-order chi connectivity index (χ0) is 29.8. The molecule has 5 rings (SSSR count). The number of hydrogen-bond acceptors (Lipinski definition) is 3. The van der Waals surface area contributed by atoms with Crippen molar-refractivity contribution in [3.8, 4) is 0 Å². The Morgan fingerprint density at radius 1 is 0.929 bits per heavy atom. The lowest BCUT2D eigenvalue weighted by atomic mass is 9.78. The van der Waals surface area contributed by atoms with Crippen molar-refractivity contribution in [2.24, 2.45) is 5.92 Å². The number of nitrogens with zero attached hydrogens (tertiary/aromatic N) is 2. The molecule has 2 aliphatic rings. The van der Waals surface area contributed by atoms with Gasteiger partial charge in [0.25, 0.3) is 0 Å². The standard InChI is InChI=1S/C34H41F3N2O2S/c1-38(42(40,41)31-16-14-30(15-17-31)34(35,36)37)26-33(21-18-29-12-5-6-13-32(29)33)22-25-39-23-19-28(20-24-39)11-7-10-27-8-3-2-4-9-27/h2-6,8-9,12-17,28H,7,10-11,18-26H2,1H3. The zero-order valence-electron chi connectivity index (χ0n) is 24.3. The molecule has 0 spiro atoms. The summed E-state index contributed by atoms with van der Waals surface area (Å²) in [4.78, 5) is 2.41. The maximum absolute atomic E-state index is 13.5. The van der Waals surface area contributed by atoms with Gasteiger partial charge in [-0.15, -0.1) is 0 Å². The minimum Gasteiger partial charge on any atom is -0.303 e. The van der Waals surface area contributed by atoms with Gasteiger partial charge in [0.15, 0.2) is 0 Å². The molecule has 0 N–H and O–H groups in total. The summed E-state index contributed by atoms with van der Waals surface area (Å²) < 4.78 is 67.5. The zero-order valence-corrected chi connectivity index (χ0v) is 25.1. The topological polar surface area (TPSA) is 40.6 Å². The maximum atomic E-state index is 13.5. The van der Waals surface area contributed by atoms with E-state index in [0.717, 1.165) is 75.5 Å². The van der Waals surface area contributed by atoms with Crippen LogP contribution in [0.2, 0.25) is 0 Å².